The SMILES string of the molecule is CCN1C(=O)C2(CC(c3ccccc3)Oc3ccc(Br)cc32)N=C1N.[C-]#[N+]c1cccc(-c2ccc3c(c2)C2(CC(c4ccccc4)O3)N=C(N)N(CC)C2=O)c1.[C-]#[N+]c1cccc(B(O)O)c1. The lowest BCUT2D eigenvalue weighted by atomic mass is 9.79. The van der Waals surface area contributed by atoms with Crippen molar-refractivity contribution in [2.75, 3.05) is 13.1 Å². The summed E-state index contributed by atoms with van der Waals surface area (Å²) in [5.41, 5.74) is 16.7. The molecule has 4 aliphatic heterocycles. The molecule has 0 radical (unpaired) electrons. The van der Waals surface area contributed by atoms with Crippen LogP contribution in [0.25, 0.3) is 20.8 Å². The Labute approximate surface area is 403 Å². The molecule has 14 nitrogen and oxygen atoms in total. The topological polar surface area (TPSA) is 185 Å². The van der Waals surface area contributed by atoms with Crippen LogP contribution in [0.4, 0.5) is 11.4 Å². The molecular weight excluding hydrogens is 923 g/mol. The van der Waals surface area contributed by atoms with Gasteiger partial charge in [0.25, 0.3) is 11.8 Å². The van der Waals surface area contributed by atoms with Crippen LogP contribution in [-0.4, -0.2) is 63.8 Å². The Bertz CT molecular complexity index is 3030. The van der Waals surface area contributed by atoms with E-state index in [1.165, 1.54) is 15.9 Å². The van der Waals surface area contributed by atoms with Crippen molar-refractivity contribution in [3.05, 3.63) is 195 Å². The average Bonchev–Trinajstić information content (AvgIpc) is 3.76. The smallest absolute Gasteiger partial charge is 0.485 e. The van der Waals surface area contributed by atoms with Gasteiger partial charge in [-0.1, -0.05) is 125 Å². The molecule has 4 aliphatic rings. The van der Waals surface area contributed by atoms with Crippen molar-refractivity contribution in [1.29, 1.82) is 0 Å². The van der Waals surface area contributed by atoms with E-state index in [1.54, 1.807) is 24.3 Å². The third kappa shape index (κ3) is 8.92. The number of halogens is 1. The molecule has 2 amide bonds. The molecule has 2 spiro atoms. The highest BCUT2D eigenvalue weighted by molar-refractivity contribution is 9.10. The van der Waals surface area contributed by atoms with Crippen LogP contribution in [-0.2, 0) is 20.7 Å². The Morgan fingerprint density at radius 3 is 1.60 bits per heavy atom. The van der Waals surface area contributed by atoms with Gasteiger partial charge in [-0.15, -0.1) is 0 Å². The summed E-state index contributed by atoms with van der Waals surface area (Å²) < 4.78 is 13.5. The van der Waals surface area contributed by atoms with Crippen molar-refractivity contribution in [3.63, 3.8) is 0 Å². The third-order valence-electron chi connectivity index (χ3n) is 12.3. The van der Waals surface area contributed by atoms with Crippen LogP contribution >= 0.6 is 15.9 Å². The molecule has 4 heterocycles. The summed E-state index contributed by atoms with van der Waals surface area (Å²) in [7, 11) is -1.49. The van der Waals surface area contributed by atoms with E-state index >= 15 is 0 Å². The number of aliphatic imine (C=N–C) groups is 2. The predicted octanol–water partition coefficient (Wildman–Crippen LogP) is 8.06. The van der Waals surface area contributed by atoms with Gasteiger partial charge in [-0.2, -0.15) is 0 Å². The summed E-state index contributed by atoms with van der Waals surface area (Å²) in [5.74, 6) is 1.58. The van der Waals surface area contributed by atoms with Crippen LogP contribution < -0.4 is 26.4 Å². The largest absolute Gasteiger partial charge is 0.487 e. The molecule has 10 rings (SSSR count). The zero-order valence-electron chi connectivity index (χ0n) is 37.2. The molecule has 0 saturated carbocycles. The molecule has 0 fully saturated rings. The number of fused-ring (bicyclic) bond motifs is 4. The normalized spacial score (nSPS) is 20.8. The number of hydrogen-bond donors (Lipinski definition) is 4. The van der Waals surface area contributed by atoms with Gasteiger partial charge in [0.1, 0.15) is 23.7 Å². The molecule has 0 saturated heterocycles. The van der Waals surface area contributed by atoms with Gasteiger partial charge < -0.3 is 31.0 Å². The Balaban J connectivity index is 0.000000154. The summed E-state index contributed by atoms with van der Waals surface area (Å²) in [5, 5.41) is 17.4. The second-order valence-corrected chi connectivity index (χ2v) is 17.2. The van der Waals surface area contributed by atoms with Gasteiger partial charge in [0.05, 0.1) is 13.1 Å². The van der Waals surface area contributed by atoms with E-state index in [0.29, 0.717) is 59.8 Å². The number of likely N-dealkylation sites (N-methyl/N-ethyl adjacent to an activating group) is 2. The van der Waals surface area contributed by atoms with Gasteiger partial charge in [-0.3, -0.25) is 19.4 Å². The lowest BCUT2D eigenvalue weighted by molar-refractivity contribution is -0.133. The minimum absolute atomic E-state index is 0.0870. The second kappa shape index (κ2) is 19.6. The van der Waals surface area contributed by atoms with Crippen LogP contribution in [0.3, 0.4) is 0 Å². The maximum Gasteiger partial charge on any atom is 0.487 e. The lowest BCUT2D eigenvalue weighted by Gasteiger charge is -2.37. The van der Waals surface area contributed by atoms with E-state index < -0.39 is 18.2 Å². The summed E-state index contributed by atoms with van der Waals surface area (Å²) in [6.07, 6.45) is 0.215. The van der Waals surface area contributed by atoms with Gasteiger partial charge in [-0.25, -0.2) is 19.7 Å². The summed E-state index contributed by atoms with van der Waals surface area (Å²) in [6.45, 7) is 18.7. The van der Waals surface area contributed by atoms with E-state index in [4.69, 9.17) is 49.1 Å². The zero-order chi connectivity index (χ0) is 48.2. The van der Waals surface area contributed by atoms with Gasteiger partial charge in [0.2, 0.25) is 0 Å². The van der Waals surface area contributed by atoms with Crippen molar-refractivity contribution < 1.29 is 29.1 Å². The fourth-order valence-corrected chi connectivity index (χ4v) is 9.28. The Kier molecular flexibility index (Phi) is 13.5. The van der Waals surface area contributed by atoms with Gasteiger partial charge in [0.15, 0.2) is 34.4 Å². The molecule has 6 aromatic rings. The van der Waals surface area contributed by atoms with Gasteiger partial charge in [-0.05, 0) is 78.0 Å². The number of guanidine groups is 2. The highest BCUT2D eigenvalue weighted by Gasteiger charge is 2.55. The van der Waals surface area contributed by atoms with Crippen molar-refractivity contribution in [3.8, 4) is 22.6 Å². The molecule has 0 bridgehead atoms. The number of rotatable bonds is 6. The maximum atomic E-state index is 13.6. The van der Waals surface area contributed by atoms with E-state index in [1.807, 2.05) is 129 Å². The molecule has 16 heteroatoms. The molecular formula is C52H46BBrN8O6. The minimum atomic E-state index is -1.49. The van der Waals surface area contributed by atoms with Crippen LogP contribution in [0, 0.1) is 13.1 Å². The van der Waals surface area contributed by atoms with Gasteiger partial charge >= 0.3 is 7.12 Å². The summed E-state index contributed by atoms with van der Waals surface area (Å²) >= 11 is 3.49. The standard InChI is InChI=1S/C26H22N4O2.C19H18BrN3O2.C7H6BNO2/c1-3-30-24(31)26(29-25(30)27)16-23(17-8-5-4-6-9-17)32-22-13-12-19(15-21(22)26)18-10-7-11-20(14-18)28-2;1-2-23-17(24)19(22-18(23)21)11-16(12-6-4-3-5-7-12)25-15-9-8-13(20)10-14(15)19;1-9-7-4-2-3-6(5-7)8(10)11/h4-15,23H,3,16H2,1H3,(H2,27,29);3-10,16H,2,11H2,1H3,(H2,21,22);2-5,10-11H. The minimum Gasteiger partial charge on any atom is -0.485 e. The molecule has 4 unspecified atom stereocenters. The third-order valence-corrected chi connectivity index (χ3v) is 12.7. The van der Waals surface area contributed by atoms with Gasteiger partial charge in [0, 0.05) is 41.5 Å². The number of carbonyl (C=O) groups is 2. The second-order valence-electron chi connectivity index (χ2n) is 16.3. The molecule has 340 valence electrons. The quantitative estimate of drug-likeness (QED) is 0.0954. The maximum absolute atomic E-state index is 13.6. The first-order chi connectivity index (χ1) is 32.8. The van der Waals surface area contributed by atoms with E-state index in [-0.39, 0.29) is 35.9 Å². The Morgan fingerprint density at radius 1 is 0.647 bits per heavy atom. The highest BCUT2D eigenvalue weighted by Crippen LogP contribution is 2.52. The number of benzene rings is 6. The molecule has 4 atom stereocenters. The fourth-order valence-electron chi connectivity index (χ4n) is 8.92. The number of ether oxygens (including phenoxy) is 2. The molecule has 6 aromatic carbocycles. The molecule has 6 N–H and O–H groups in total. The van der Waals surface area contributed by atoms with Crippen molar-refractivity contribution >= 4 is 63.6 Å². The molecule has 0 aliphatic carbocycles. The van der Waals surface area contributed by atoms with Crippen molar-refractivity contribution in [2.24, 2.45) is 21.5 Å². The number of carbonyl (C=O) groups excluding carboxylic acids is 2. The van der Waals surface area contributed by atoms with Crippen LogP contribution in [0.2, 0.25) is 0 Å². The average molecular weight is 970 g/mol. The summed E-state index contributed by atoms with van der Waals surface area (Å²) in [4.78, 5) is 46.0. The Morgan fingerprint density at radius 2 is 1.12 bits per heavy atom. The predicted molar refractivity (Wildman–Crippen MR) is 265 cm³/mol. The first kappa shape index (κ1) is 46.8. The van der Waals surface area contributed by atoms with Crippen LogP contribution in [0.15, 0.2) is 160 Å². The lowest BCUT2D eigenvalue weighted by Crippen LogP contribution is -2.45. The summed E-state index contributed by atoms with van der Waals surface area (Å²) in [6, 6.07) is 44.9. The van der Waals surface area contributed by atoms with Crippen LogP contribution in [0.1, 0.15) is 61.2 Å². The molecule has 68 heavy (non-hydrogen) atoms. The Hall–Kier alpha value is -7.76. The zero-order valence-corrected chi connectivity index (χ0v) is 38.7. The van der Waals surface area contributed by atoms with Crippen molar-refractivity contribution in [1.82, 2.24) is 9.80 Å². The number of nitrogens with two attached hydrogens (primary N) is 2. The molecule has 0 aromatic heterocycles. The monoisotopic (exact) mass is 968 g/mol. The number of hydrogen-bond acceptors (Lipinski definition) is 10. The first-order valence-corrected chi connectivity index (χ1v) is 22.7. The van der Waals surface area contributed by atoms with Crippen molar-refractivity contribution in [2.45, 2.75) is 50.0 Å². The first-order valence-electron chi connectivity index (χ1n) is 21.9. The van der Waals surface area contributed by atoms with E-state index in [0.717, 1.165) is 32.3 Å². The highest BCUT2D eigenvalue weighted by atomic mass is 79.9. The number of amides is 2. The fraction of sp³-hybridized carbons (Fsp3) is 0.192. The number of nitrogens with zero attached hydrogens (tertiary/aromatic N) is 6. The van der Waals surface area contributed by atoms with E-state index in [9.17, 15) is 9.59 Å². The van der Waals surface area contributed by atoms with Crippen LogP contribution in [0.5, 0.6) is 11.5 Å². The van der Waals surface area contributed by atoms with E-state index in [2.05, 4.69) is 30.6 Å².